The Hall–Kier alpha value is -0.720. The maximum absolute atomic E-state index is 12.4. The number of hydrogen-bond donors (Lipinski definition) is 2. The number of halogens is 3. The molecule has 1 aromatic carbocycles. The van der Waals surface area contributed by atoms with Gasteiger partial charge in [0, 0.05) is 16.7 Å². The highest BCUT2D eigenvalue weighted by molar-refractivity contribution is 9.10. The second-order valence-electron chi connectivity index (χ2n) is 3.94. The number of anilines is 1. The smallest absolute Gasteiger partial charge is 0.255 e. The summed E-state index contributed by atoms with van der Waals surface area (Å²) in [7, 11) is 0. The summed E-state index contributed by atoms with van der Waals surface area (Å²) in [5.74, 6) is 0. The second kappa shape index (κ2) is 7.01. The van der Waals surface area contributed by atoms with E-state index in [0.29, 0.717) is 15.7 Å². The van der Waals surface area contributed by atoms with Crippen LogP contribution in [0.5, 0.6) is 0 Å². The van der Waals surface area contributed by atoms with Crippen molar-refractivity contribution in [1.82, 2.24) is 0 Å². The van der Waals surface area contributed by atoms with Gasteiger partial charge in [-0.3, -0.25) is 0 Å². The Bertz CT molecular complexity index is 388. The Balaban J connectivity index is 2.95. The molecule has 18 heavy (non-hydrogen) atoms. The molecule has 6 heteroatoms. The maximum Gasteiger partial charge on any atom is 0.255 e. The third kappa shape index (κ3) is 4.19. The summed E-state index contributed by atoms with van der Waals surface area (Å²) in [6.45, 7) is 1.15. The lowest BCUT2D eigenvalue weighted by Gasteiger charge is -2.24. The van der Waals surface area contributed by atoms with Crippen LogP contribution in [0.4, 0.5) is 14.5 Å². The van der Waals surface area contributed by atoms with Crippen LogP contribution in [0.3, 0.4) is 0 Å². The van der Waals surface area contributed by atoms with Gasteiger partial charge >= 0.3 is 0 Å². The molecule has 0 aromatic heterocycles. The zero-order valence-corrected chi connectivity index (χ0v) is 11.6. The van der Waals surface area contributed by atoms with Gasteiger partial charge in [-0.25, -0.2) is 8.78 Å². The quantitative estimate of drug-likeness (QED) is 0.845. The standard InChI is InChI=1S/C12H16BrF2NO2/c1-8(18)10-3-2-9(6-11(10)13)16(4-5-17)7-12(14)15/h2-3,6,8,12,17-18H,4-5,7H2,1H3. The van der Waals surface area contributed by atoms with Crippen molar-refractivity contribution in [3.05, 3.63) is 28.2 Å². The summed E-state index contributed by atoms with van der Waals surface area (Å²) >= 11 is 3.30. The molecular weight excluding hydrogens is 308 g/mol. The fraction of sp³-hybridized carbons (Fsp3) is 0.500. The van der Waals surface area contributed by atoms with Crippen molar-refractivity contribution in [2.45, 2.75) is 19.5 Å². The first kappa shape index (κ1) is 15.3. The Morgan fingerprint density at radius 1 is 1.39 bits per heavy atom. The predicted octanol–water partition coefficient (Wildman–Crippen LogP) is 2.57. The first-order chi connectivity index (χ1) is 8.45. The number of hydrogen-bond acceptors (Lipinski definition) is 3. The van der Waals surface area contributed by atoms with Crippen molar-refractivity contribution >= 4 is 21.6 Å². The molecule has 0 spiro atoms. The van der Waals surface area contributed by atoms with Gasteiger partial charge in [0.25, 0.3) is 6.43 Å². The minimum Gasteiger partial charge on any atom is -0.395 e. The molecule has 0 bridgehead atoms. The van der Waals surface area contributed by atoms with Crippen LogP contribution in [-0.2, 0) is 0 Å². The van der Waals surface area contributed by atoms with Crippen LogP contribution in [0.15, 0.2) is 22.7 Å². The molecule has 1 aromatic rings. The van der Waals surface area contributed by atoms with E-state index in [1.54, 1.807) is 25.1 Å². The van der Waals surface area contributed by atoms with Crippen LogP contribution in [0.25, 0.3) is 0 Å². The summed E-state index contributed by atoms with van der Waals surface area (Å²) in [4.78, 5) is 1.40. The van der Waals surface area contributed by atoms with E-state index in [1.807, 2.05) is 0 Å². The topological polar surface area (TPSA) is 43.7 Å². The molecule has 0 aliphatic heterocycles. The summed E-state index contributed by atoms with van der Waals surface area (Å²) in [5, 5.41) is 18.4. The van der Waals surface area contributed by atoms with Crippen molar-refractivity contribution in [1.29, 1.82) is 0 Å². The summed E-state index contributed by atoms with van der Waals surface area (Å²) in [6.07, 6.45) is -3.10. The molecule has 0 fully saturated rings. The lowest BCUT2D eigenvalue weighted by molar-refractivity contribution is 0.152. The van der Waals surface area contributed by atoms with Crippen molar-refractivity contribution in [2.75, 3.05) is 24.6 Å². The first-order valence-corrected chi connectivity index (χ1v) is 6.36. The van der Waals surface area contributed by atoms with Gasteiger partial charge in [-0.1, -0.05) is 22.0 Å². The molecule has 1 rings (SSSR count). The highest BCUT2D eigenvalue weighted by Crippen LogP contribution is 2.28. The van der Waals surface area contributed by atoms with Crippen molar-refractivity contribution in [2.24, 2.45) is 0 Å². The largest absolute Gasteiger partial charge is 0.395 e. The van der Waals surface area contributed by atoms with E-state index in [-0.39, 0.29) is 13.2 Å². The number of rotatable bonds is 6. The third-order valence-electron chi connectivity index (χ3n) is 2.53. The van der Waals surface area contributed by atoms with Crippen molar-refractivity contribution in [3.8, 4) is 0 Å². The normalized spacial score (nSPS) is 12.8. The zero-order valence-electron chi connectivity index (χ0n) is 9.98. The minimum absolute atomic E-state index is 0.144. The minimum atomic E-state index is -2.47. The third-order valence-corrected chi connectivity index (χ3v) is 3.21. The molecule has 0 radical (unpaired) electrons. The number of nitrogens with zero attached hydrogens (tertiary/aromatic N) is 1. The fourth-order valence-electron chi connectivity index (χ4n) is 1.66. The Morgan fingerprint density at radius 2 is 2.06 bits per heavy atom. The number of aliphatic hydroxyl groups is 2. The van der Waals surface area contributed by atoms with Gasteiger partial charge in [0.15, 0.2) is 0 Å². The molecule has 1 atom stereocenters. The lowest BCUT2D eigenvalue weighted by Crippen LogP contribution is -2.31. The predicted molar refractivity (Wildman–Crippen MR) is 70.1 cm³/mol. The monoisotopic (exact) mass is 323 g/mol. The molecule has 0 aliphatic carbocycles. The number of benzene rings is 1. The number of alkyl halides is 2. The van der Waals surface area contributed by atoms with E-state index >= 15 is 0 Å². The Kier molecular flexibility index (Phi) is 5.98. The molecule has 0 heterocycles. The van der Waals surface area contributed by atoms with Crippen LogP contribution in [0.2, 0.25) is 0 Å². The van der Waals surface area contributed by atoms with E-state index in [2.05, 4.69) is 15.9 Å². The Labute approximate surface area is 113 Å². The highest BCUT2D eigenvalue weighted by Gasteiger charge is 2.14. The van der Waals surface area contributed by atoms with Gasteiger partial charge in [0.2, 0.25) is 0 Å². The van der Waals surface area contributed by atoms with Crippen LogP contribution in [0.1, 0.15) is 18.6 Å². The van der Waals surface area contributed by atoms with Gasteiger partial charge in [-0.2, -0.15) is 0 Å². The first-order valence-electron chi connectivity index (χ1n) is 5.57. The molecule has 1 unspecified atom stereocenters. The molecule has 102 valence electrons. The molecule has 0 amide bonds. The van der Waals surface area contributed by atoms with E-state index in [1.165, 1.54) is 4.90 Å². The van der Waals surface area contributed by atoms with E-state index in [4.69, 9.17) is 5.11 Å². The van der Waals surface area contributed by atoms with Gasteiger partial charge in [-0.05, 0) is 24.6 Å². The zero-order chi connectivity index (χ0) is 13.7. The second-order valence-corrected chi connectivity index (χ2v) is 4.80. The lowest BCUT2D eigenvalue weighted by atomic mass is 10.1. The average molecular weight is 324 g/mol. The van der Waals surface area contributed by atoms with Gasteiger partial charge in [0.1, 0.15) is 0 Å². The van der Waals surface area contributed by atoms with Crippen LogP contribution < -0.4 is 4.90 Å². The fourth-order valence-corrected chi connectivity index (χ4v) is 2.36. The van der Waals surface area contributed by atoms with Crippen LogP contribution in [-0.4, -0.2) is 36.3 Å². The molecule has 0 aliphatic rings. The molecule has 3 nitrogen and oxygen atoms in total. The van der Waals surface area contributed by atoms with Gasteiger partial charge < -0.3 is 15.1 Å². The number of aliphatic hydroxyl groups excluding tert-OH is 2. The summed E-state index contributed by atoms with van der Waals surface area (Å²) in [6, 6.07) is 5.00. The Morgan fingerprint density at radius 3 is 2.50 bits per heavy atom. The molecule has 0 saturated heterocycles. The maximum atomic E-state index is 12.4. The van der Waals surface area contributed by atoms with Gasteiger partial charge in [-0.15, -0.1) is 0 Å². The summed E-state index contributed by atoms with van der Waals surface area (Å²) in [5.41, 5.74) is 1.28. The summed E-state index contributed by atoms with van der Waals surface area (Å²) < 4.78 is 25.5. The average Bonchev–Trinajstić information content (AvgIpc) is 2.27. The van der Waals surface area contributed by atoms with Crippen molar-refractivity contribution in [3.63, 3.8) is 0 Å². The van der Waals surface area contributed by atoms with Crippen LogP contribution >= 0.6 is 15.9 Å². The van der Waals surface area contributed by atoms with E-state index < -0.39 is 19.1 Å². The van der Waals surface area contributed by atoms with Crippen molar-refractivity contribution < 1.29 is 19.0 Å². The molecule has 0 saturated carbocycles. The van der Waals surface area contributed by atoms with Crippen LogP contribution in [0, 0.1) is 0 Å². The SMILES string of the molecule is CC(O)c1ccc(N(CCO)CC(F)F)cc1Br. The molecular formula is C12H16BrF2NO2. The van der Waals surface area contributed by atoms with E-state index in [0.717, 1.165) is 0 Å². The molecule has 2 N–H and O–H groups in total. The van der Waals surface area contributed by atoms with E-state index in [9.17, 15) is 13.9 Å². The highest BCUT2D eigenvalue weighted by atomic mass is 79.9. The van der Waals surface area contributed by atoms with Gasteiger partial charge in [0.05, 0.1) is 19.3 Å².